The van der Waals surface area contributed by atoms with Crippen LogP contribution in [0.5, 0.6) is 0 Å². The fourth-order valence-corrected chi connectivity index (χ4v) is 3.08. The van der Waals surface area contributed by atoms with E-state index < -0.39 is 33.5 Å². The normalized spacial score (nSPS) is 12.9. The van der Waals surface area contributed by atoms with Gasteiger partial charge in [-0.15, -0.1) is 0 Å². The standard InChI is InChI=1S/C11H17N3O5S/c1-8(15)13-10(11(16)17)7-20(18,19)6-4-9-3-5-12-14(9)2/h3,5,10H,4,6-7H2,1-2H3,(H,13,15)(H,16,17)/t10-/m0/s1. The monoisotopic (exact) mass is 303 g/mol. The number of amides is 1. The maximum absolute atomic E-state index is 11.9. The Bertz CT molecular complexity index is 593. The van der Waals surface area contributed by atoms with Crippen LogP contribution in [0.1, 0.15) is 12.6 Å². The molecule has 0 bridgehead atoms. The van der Waals surface area contributed by atoms with Gasteiger partial charge >= 0.3 is 5.97 Å². The third kappa shape index (κ3) is 5.00. The number of aliphatic carboxylic acids is 1. The summed E-state index contributed by atoms with van der Waals surface area (Å²) in [5, 5.41) is 14.9. The number of nitrogens with one attached hydrogen (secondary N) is 1. The summed E-state index contributed by atoms with van der Waals surface area (Å²) in [4.78, 5) is 21.8. The number of rotatable bonds is 7. The Labute approximate surface area is 116 Å². The predicted octanol–water partition coefficient (Wildman–Crippen LogP) is -1.03. The van der Waals surface area contributed by atoms with E-state index in [2.05, 4.69) is 10.4 Å². The van der Waals surface area contributed by atoms with Gasteiger partial charge in [0.25, 0.3) is 0 Å². The van der Waals surface area contributed by atoms with Gasteiger partial charge in [0.2, 0.25) is 5.91 Å². The molecule has 0 spiro atoms. The zero-order valence-corrected chi connectivity index (χ0v) is 12.1. The number of sulfone groups is 1. The summed E-state index contributed by atoms with van der Waals surface area (Å²) < 4.78 is 25.3. The zero-order chi connectivity index (χ0) is 15.3. The van der Waals surface area contributed by atoms with Crippen LogP contribution in [0.3, 0.4) is 0 Å². The SMILES string of the molecule is CC(=O)N[C@@H](CS(=O)(=O)CCc1ccnn1C)C(=O)O. The van der Waals surface area contributed by atoms with Crippen LogP contribution in [0.25, 0.3) is 0 Å². The Balaban J connectivity index is 2.66. The third-order valence-corrected chi connectivity index (χ3v) is 4.36. The minimum absolute atomic E-state index is 0.199. The second kappa shape index (κ2) is 6.51. The van der Waals surface area contributed by atoms with Gasteiger partial charge < -0.3 is 10.4 Å². The van der Waals surface area contributed by atoms with Crippen LogP contribution < -0.4 is 5.32 Å². The van der Waals surface area contributed by atoms with Gasteiger partial charge in [0.05, 0.1) is 11.5 Å². The Morgan fingerprint density at radius 2 is 2.15 bits per heavy atom. The maximum Gasteiger partial charge on any atom is 0.327 e. The van der Waals surface area contributed by atoms with E-state index in [1.165, 1.54) is 0 Å². The maximum atomic E-state index is 11.9. The van der Waals surface area contributed by atoms with Crippen molar-refractivity contribution in [3.63, 3.8) is 0 Å². The lowest BCUT2D eigenvalue weighted by molar-refractivity contribution is -0.140. The highest BCUT2D eigenvalue weighted by Crippen LogP contribution is 2.03. The lowest BCUT2D eigenvalue weighted by Crippen LogP contribution is -2.45. The summed E-state index contributed by atoms with van der Waals surface area (Å²) >= 11 is 0. The number of carbonyl (C=O) groups is 2. The van der Waals surface area contributed by atoms with Crippen LogP contribution in [0, 0.1) is 0 Å². The molecule has 0 aliphatic rings. The molecule has 1 heterocycles. The van der Waals surface area contributed by atoms with Crippen LogP contribution in [0.15, 0.2) is 12.3 Å². The number of hydrogen-bond acceptors (Lipinski definition) is 5. The van der Waals surface area contributed by atoms with Crippen molar-refractivity contribution in [1.82, 2.24) is 15.1 Å². The molecule has 1 aromatic rings. The number of carboxylic acids is 1. The van der Waals surface area contributed by atoms with Crippen LogP contribution in [0.2, 0.25) is 0 Å². The molecule has 0 aromatic carbocycles. The Morgan fingerprint density at radius 1 is 1.50 bits per heavy atom. The first-order valence-electron chi connectivity index (χ1n) is 5.88. The van der Waals surface area contributed by atoms with Gasteiger partial charge in [-0.3, -0.25) is 9.48 Å². The number of hydrogen-bond donors (Lipinski definition) is 2. The highest BCUT2D eigenvalue weighted by Gasteiger charge is 2.26. The van der Waals surface area contributed by atoms with Crippen molar-refractivity contribution < 1.29 is 23.1 Å². The molecule has 8 nitrogen and oxygen atoms in total. The summed E-state index contributed by atoms with van der Waals surface area (Å²) in [5.74, 6) is -2.78. The fraction of sp³-hybridized carbons (Fsp3) is 0.545. The van der Waals surface area contributed by atoms with Crippen LogP contribution >= 0.6 is 0 Å². The van der Waals surface area contributed by atoms with Crippen LogP contribution in [-0.2, 0) is 32.9 Å². The number of nitrogens with zero attached hydrogens (tertiary/aromatic N) is 2. The molecule has 0 fully saturated rings. The lowest BCUT2D eigenvalue weighted by atomic mass is 10.3. The second-order valence-electron chi connectivity index (χ2n) is 4.40. The average molecular weight is 303 g/mol. The molecule has 1 rings (SSSR count). The minimum Gasteiger partial charge on any atom is -0.480 e. The molecule has 112 valence electrons. The molecule has 0 radical (unpaired) electrons. The summed E-state index contributed by atoms with van der Waals surface area (Å²) in [6.45, 7) is 1.14. The first-order chi connectivity index (χ1) is 9.21. The van der Waals surface area contributed by atoms with E-state index in [0.717, 1.165) is 12.6 Å². The number of aromatic nitrogens is 2. The number of aryl methyl sites for hydroxylation is 2. The minimum atomic E-state index is -3.60. The molecule has 1 aromatic heterocycles. The predicted molar refractivity (Wildman–Crippen MR) is 70.8 cm³/mol. The van der Waals surface area contributed by atoms with E-state index in [9.17, 15) is 18.0 Å². The topological polar surface area (TPSA) is 118 Å². The van der Waals surface area contributed by atoms with Crippen LogP contribution in [-0.4, -0.2) is 52.7 Å². The highest BCUT2D eigenvalue weighted by molar-refractivity contribution is 7.91. The van der Waals surface area contributed by atoms with E-state index >= 15 is 0 Å². The Hall–Kier alpha value is -1.90. The van der Waals surface area contributed by atoms with E-state index in [4.69, 9.17) is 5.11 Å². The molecule has 1 atom stereocenters. The van der Waals surface area contributed by atoms with Gasteiger partial charge in [-0.05, 0) is 6.07 Å². The molecule has 0 saturated heterocycles. The summed E-state index contributed by atoms with van der Waals surface area (Å²) in [5.41, 5.74) is 0.736. The van der Waals surface area contributed by atoms with Gasteiger partial charge in [0.1, 0.15) is 6.04 Å². The first kappa shape index (κ1) is 16.2. The molecular formula is C11H17N3O5S. The van der Waals surface area contributed by atoms with Gasteiger partial charge in [0, 0.05) is 32.3 Å². The Morgan fingerprint density at radius 3 is 2.60 bits per heavy atom. The molecule has 9 heteroatoms. The van der Waals surface area contributed by atoms with Crippen molar-refractivity contribution in [2.75, 3.05) is 11.5 Å². The molecule has 0 aliphatic heterocycles. The summed E-state index contributed by atoms with van der Waals surface area (Å²) in [7, 11) is -1.91. The number of carbonyl (C=O) groups excluding carboxylic acids is 1. The van der Waals surface area contributed by atoms with Gasteiger partial charge in [0.15, 0.2) is 9.84 Å². The van der Waals surface area contributed by atoms with Gasteiger partial charge in [-0.2, -0.15) is 5.10 Å². The van der Waals surface area contributed by atoms with Crippen molar-refractivity contribution in [3.8, 4) is 0 Å². The van der Waals surface area contributed by atoms with E-state index in [-0.39, 0.29) is 12.2 Å². The third-order valence-electron chi connectivity index (χ3n) is 2.69. The smallest absolute Gasteiger partial charge is 0.327 e. The van der Waals surface area contributed by atoms with E-state index in [1.54, 1.807) is 24.0 Å². The van der Waals surface area contributed by atoms with Crippen molar-refractivity contribution in [2.24, 2.45) is 7.05 Å². The molecule has 20 heavy (non-hydrogen) atoms. The highest BCUT2D eigenvalue weighted by atomic mass is 32.2. The first-order valence-corrected chi connectivity index (χ1v) is 7.70. The second-order valence-corrected chi connectivity index (χ2v) is 6.63. The quantitative estimate of drug-likeness (QED) is 0.664. The molecule has 2 N–H and O–H groups in total. The van der Waals surface area contributed by atoms with Crippen molar-refractivity contribution >= 4 is 21.7 Å². The lowest BCUT2D eigenvalue weighted by Gasteiger charge is -2.13. The van der Waals surface area contributed by atoms with Crippen molar-refractivity contribution in [2.45, 2.75) is 19.4 Å². The fourth-order valence-electron chi connectivity index (χ4n) is 1.66. The van der Waals surface area contributed by atoms with E-state index in [0.29, 0.717) is 0 Å². The van der Waals surface area contributed by atoms with Crippen LogP contribution in [0.4, 0.5) is 0 Å². The van der Waals surface area contributed by atoms with Gasteiger partial charge in [-0.25, -0.2) is 13.2 Å². The molecule has 0 saturated carbocycles. The number of carboxylic acid groups (broad SMARTS) is 1. The Kier molecular flexibility index (Phi) is 5.26. The molecule has 1 amide bonds. The average Bonchev–Trinajstić information content (AvgIpc) is 2.70. The van der Waals surface area contributed by atoms with Crippen molar-refractivity contribution in [1.29, 1.82) is 0 Å². The molecular weight excluding hydrogens is 286 g/mol. The largest absolute Gasteiger partial charge is 0.480 e. The molecule has 0 unspecified atom stereocenters. The molecule has 0 aliphatic carbocycles. The van der Waals surface area contributed by atoms with Gasteiger partial charge in [-0.1, -0.05) is 0 Å². The zero-order valence-electron chi connectivity index (χ0n) is 11.2. The summed E-state index contributed by atoms with van der Waals surface area (Å²) in [6, 6.07) is 0.266. The van der Waals surface area contributed by atoms with E-state index in [1.807, 2.05) is 0 Å². The van der Waals surface area contributed by atoms with Crippen molar-refractivity contribution in [3.05, 3.63) is 18.0 Å². The summed E-state index contributed by atoms with van der Waals surface area (Å²) in [6.07, 6.45) is 1.80.